The van der Waals surface area contributed by atoms with Crippen molar-refractivity contribution >= 4 is 29.2 Å². The first kappa shape index (κ1) is 12.3. The standard InChI is InChI=1S/C10H13ClN4O/c1-3-4-5-8(6-13-16)15-7-9(12-2)10(11)14-15/h3-7,12,16H,1-2H3/b4-3-,8-5+,13-6+. The lowest BCUT2D eigenvalue weighted by atomic mass is 10.4. The number of nitrogens with one attached hydrogen (secondary N) is 1. The van der Waals surface area contributed by atoms with Crippen LogP contribution < -0.4 is 5.32 Å². The number of nitrogens with zero attached hydrogens (tertiary/aromatic N) is 3. The monoisotopic (exact) mass is 240 g/mol. The second-order valence-corrected chi connectivity index (χ2v) is 3.25. The Morgan fingerprint density at radius 1 is 1.69 bits per heavy atom. The van der Waals surface area contributed by atoms with Crippen LogP contribution in [-0.2, 0) is 0 Å². The van der Waals surface area contributed by atoms with Crippen molar-refractivity contribution in [1.29, 1.82) is 0 Å². The summed E-state index contributed by atoms with van der Waals surface area (Å²) >= 11 is 5.88. The van der Waals surface area contributed by atoms with Gasteiger partial charge in [0.05, 0.1) is 23.8 Å². The number of allylic oxidation sites excluding steroid dienone is 4. The summed E-state index contributed by atoms with van der Waals surface area (Å²) in [7, 11) is 1.75. The number of anilines is 1. The van der Waals surface area contributed by atoms with Gasteiger partial charge in [-0.15, -0.1) is 0 Å². The molecule has 0 aliphatic rings. The lowest BCUT2D eigenvalue weighted by molar-refractivity contribution is 0.322. The molecule has 0 aliphatic heterocycles. The Bertz CT molecular complexity index is 434. The van der Waals surface area contributed by atoms with Crippen LogP contribution in [0.2, 0.25) is 5.15 Å². The number of rotatable bonds is 4. The van der Waals surface area contributed by atoms with Crippen molar-refractivity contribution in [2.24, 2.45) is 5.16 Å². The summed E-state index contributed by atoms with van der Waals surface area (Å²) in [4.78, 5) is 0. The third-order valence-electron chi connectivity index (χ3n) is 1.85. The predicted molar refractivity (Wildman–Crippen MR) is 66.1 cm³/mol. The van der Waals surface area contributed by atoms with Crippen LogP contribution in [0, 0.1) is 0 Å². The lowest BCUT2D eigenvalue weighted by Gasteiger charge is -1.98. The zero-order chi connectivity index (χ0) is 12.0. The number of aromatic nitrogens is 2. The minimum absolute atomic E-state index is 0.361. The van der Waals surface area contributed by atoms with E-state index < -0.39 is 0 Å². The molecule has 5 nitrogen and oxygen atoms in total. The van der Waals surface area contributed by atoms with E-state index in [1.54, 1.807) is 19.3 Å². The van der Waals surface area contributed by atoms with Gasteiger partial charge in [0.1, 0.15) is 0 Å². The maximum atomic E-state index is 8.55. The van der Waals surface area contributed by atoms with E-state index in [0.29, 0.717) is 16.5 Å². The molecule has 0 aromatic carbocycles. The molecule has 2 N–H and O–H groups in total. The van der Waals surface area contributed by atoms with Crippen LogP contribution in [0.5, 0.6) is 0 Å². The van der Waals surface area contributed by atoms with Crippen molar-refractivity contribution in [2.75, 3.05) is 12.4 Å². The number of halogens is 1. The molecule has 0 aliphatic carbocycles. The summed E-state index contributed by atoms with van der Waals surface area (Å²) in [6, 6.07) is 0. The molecular formula is C10H13ClN4O. The molecule has 0 spiro atoms. The highest BCUT2D eigenvalue weighted by Gasteiger charge is 2.06. The van der Waals surface area contributed by atoms with Gasteiger partial charge in [-0.25, -0.2) is 4.68 Å². The molecule has 0 saturated carbocycles. The molecule has 0 atom stereocenters. The Morgan fingerprint density at radius 3 is 2.94 bits per heavy atom. The zero-order valence-corrected chi connectivity index (χ0v) is 9.81. The fourth-order valence-corrected chi connectivity index (χ4v) is 1.31. The first-order chi connectivity index (χ1) is 7.72. The Kier molecular flexibility index (Phi) is 4.60. The molecule has 1 aromatic rings. The second-order valence-electron chi connectivity index (χ2n) is 2.89. The highest BCUT2D eigenvalue weighted by atomic mass is 35.5. The molecule has 0 amide bonds. The molecule has 0 unspecified atom stereocenters. The van der Waals surface area contributed by atoms with Crippen molar-refractivity contribution in [1.82, 2.24) is 9.78 Å². The van der Waals surface area contributed by atoms with E-state index in [-0.39, 0.29) is 0 Å². The Morgan fingerprint density at radius 2 is 2.44 bits per heavy atom. The summed E-state index contributed by atoms with van der Waals surface area (Å²) < 4.78 is 1.52. The van der Waals surface area contributed by atoms with Gasteiger partial charge in [-0.3, -0.25) is 0 Å². The van der Waals surface area contributed by atoms with Crippen LogP contribution in [0.3, 0.4) is 0 Å². The first-order valence-corrected chi connectivity index (χ1v) is 5.04. The fourth-order valence-electron chi connectivity index (χ4n) is 1.09. The van der Waals surface area contributed by atoms with Gasteiger partial charge in [0.2, 0.25) is 0 Å². The Labute approximate surface area is 98.7 Å². The van der Waals surface area contributed by atoms with Gasteiger partial charge in [-0.2, -0.15) is 5.10 Å². The van der Waals surface area contributed by atoms with Gasteiger partial charge in [0, 0.05) is 7.05 Å². The van der Waals surface area contributed by atoms with Gasteiger partial charge in [-0.05, 0) is 13.0 Å². The van der Waals surface area contributed by atoms with E-state index in [0.717, 1.165) is 0 Å². The van der Waals surface area contributed by atoms with Crippen LogP contribution in [0.25, 0.3) is 5.70 Å². The largest absolute Gasteiger partial charge is 0.411 e. The number of hydrogen-bond donors (Lipinski definition) is 2. The quantitative estimate of drug-likeness (QED) is 0.368. The lowest BCUT2D eigenvalue weighted by Crippen LogP contribution is -1.98. The van der Waals surface area contributed by atoms with Crippen LogP contribution in [-0.4, -0.2) is 28.3 Å². The molecule has 1 rings (SSSR count). The highest BCUT2D eigenvalue weighted by Crippen LogP contribution is 2.20. The minimum atomic E-state index is 0.361. The third-order valence-corrected chi connectivity index (χ3v) is 2.13. The Hall–Kier alpha value is -1.75. The van der Waals surface area contributed by atoms with Gasteiger partial charge in [-0.1, -0.05) is 28.9 Å². The second kappa shape index (κ2) is 5.97. The molecule has 1 heterocycles. The number of oxime groups is 1. The van der Waals surface area contributed by atoms with E-state index in [1.807, 2.05) is 19.1 Å². The van der Waals surface area contributed by atoms with Crippen molar-refractivity contribution in [3.63, 3.8) is 0 Å². The van der Waals surface area contributed by atoms with E-state index in [2.05, 4.69) is 15.6 Å². The van der Waals surface area contributed by atoms with Crippen LogP contribution in [0.1, 0.15) is 6.92 Å². The summed E-state index contributed by atoms with van der Waals surface area (Å²) in [6.45, 7) is 1.89. The molecule has 0 fully saturated rings. The molecular weight excluding hydrogens is 228 g/mol. The van der Waals surface area contributed by atoms with E-state index in [1.165, 1.54) is 10.9 Å². The van der Waals surface area contributed by atoms with Crippen LogP contribution in [0.15, 0.2) is 29.6 Å². The predicted octanol–water partition coefficient (Wildman–Crippen LogP) is 2.46. The van der Waals surface area contributed by atoms with E-state index in [9.17, 15) is 0 Å². The van der Waals surface area contributed by atoms with Gasteiger partial charge >= 0.3 is 0 Å². The summed E-state index contributed by atoms with van der Waals surface area (Å²) in [5.41, 5.74) is 1.31. The number of hydrogen-bond acceptors (Lipinski definition) is 4. The van der Waals surface area contributed by atoms with Crippen molar-refractivity contribution in [2.45, 2.75) is 6.92 Å². The summed E-state index contributed by atoms with van der Waals surface area (Å²) in [5.74, 6) is 0. The van der Waals surface area contributed by atoms with Crippen molar-refractivity contribution in [3.8, 4) is 0 Å². The van der Waals surface area contributed by atoms with Gasteiger partial charge < -0.3 is 10.5 Å². The maximum Gasteiger partial charge on any atom is 0.174 e. The van der Waals surface area contributed by atoms with Gasteiger partial charge in [0.25, 0.3) is 0 Å². The van der Waals surface area contributed by atoms with Crippen LogP contribution >= 0.6 is 11.6 Å². The molecule has 0 radical (unpaired) electrons. The van der Waals surface area contributed by atoms with Crippen molar-refractivity contribution in [3.05, 3.63) is 29.6 Å². The molecule has 6 heteroatoms. The maximum absolute atomic E-state index is 8.55. The normalized spacial score (nSPS) is 12.8. The summed E-state index contributed by atoms with van der Waals surface area (Å²) in [5, 5.41) is 18.9. The smallest absolute Gasteiger partial charge is 0.174 e. The third kappa shape index (κ3) is 2.87. The minimum Gasteiger partial charge on any atom is -0.411 e. The van der Waals surface area contributed by atoms with E-state index in [4.69, 9.17) is 16.8 Å². The van der Waals surface area contributed by atoms with Crippen LogP contribution in [0.4, 0.5) is 5.69 Å². The average molecular weight is 241 g/mol. The molecule has 0 bridgehead atoms. The highest BCUT2D eigenvalue weighted by molar-refractivity contribution is 6.32. The summed E-state index contributed by atoms with van der Waals surface area (Å²) in [6.07, 6.45) is 8.41. The van der Waals surface area contributed by atoms with E-state index >= 15 is 0 Å². The zero-order valence-electron chi connectivity index (χ0n) is 9.05. The topological polar surface area (TPSA) is 62.4 Å². The molecule has 16 heavy (non-hydrogen) atoms. The average Bonchev–Trinajstić information content (AvgIpc) is 2.65. The molecule has 1 aromatic heterocycles. The fraction of sp³-hybridized carbons (Fsp3) is 0.200. The SMILES string of the molecule is C\C=C/C=C(\C=N\O)n1cc(NC)c(Cl)n1. The van der Waals surface area contributed by atoms with Gasteiger partial charge in [0.15, 0.2) is 5.15 Å². The Balaban J connectivity index is 3.11. The van der Waals surface area contributed by atoms with Crippen molar-refractivity contribution < 1.29 is 5.21 Å². The molecule has 0 saturated heterocycles. The molecule has 86 valence electrons. The first-order valence-electron chi connectivity index (χ1n) is 4.66.